The zero-order valence-electron chi connectivity index (χ0n) is 11.9. The van der Waals surface area contributed by atoms with E-state index in [-0.39, 0.29) is 23.8 Å². The molecule has 0 spiro atoms. The number of nitrogens with zero attached hydrogens (tertiary/aromatic N) is 3. The molecule has 6 nitrogen and oxygen atoms in total. The van der Waals surface area contributed by atoms with E-state index in [1.165, 1.54) is 4.68 Å². The molecule has 2 aromatic rings. The summed E-state index contributed by atoms with van der Waals surface area (Å²) in [6.45, 7) is 3.97. The normalized spacial score (nSPS) is 10.6. The average Bonchev–Trinajstić information content (AvgIpc) is 2.47. The van der Waals surface area contributed by atoms with Crippen molar-refractivity contribution in [3.8, 4) is 6.07 Å². The molecule has 6 heteroatoms. The van der Waals surface area contributed by atoms with Gasteiger partial charge in [-0.05, 0) is 12.0 Å². The van der Waals surface area contributed by atoms with Crippen molar-refractivity contribution in [3.05, 3.63) is 40.3 Å². The van der Waals surface area contributed by atoms with E-state index in [1.807, 2.05) is 13.8 Å². The molecular weight excluding hydrogens is 270 g/mol. The fourth-order valence-electron chi connectivity index (χ4n) is 2.02. The molecule has 0 unspecified atom stereocenters. The molecule has 0 aliphatic heterocycles. The largest absolute Gasteiger partial charge is 0.445 e. The molecule has 1 heterocycles. The van der Waals surface area contributed by atoms with Crippen LogP contribution in [0, 0.1) is 17.2 Å². The van der Waals surface area contributed by atoms with Crippen LogP contribution in [0.3, 0.4) is 0 Å². The maximum absolute atomic E-state index is 12.3. The summed E-state index contributed by atoms with van der Waals surface area (Å²) in [6.07, 6.45) is 0. The van der Waals surface area contributed by atoms with Gasteiger partial charge in [-0.3, -0.25) is 4.79 Å². The van der Waals surface area contributed by atoms with Crippen molar-refractivity contribution in [1.29, 1.82) is 5.26 Å². The Labute approximate surface area is 121 Å². The summed E-state index contributed by atoms with van der Waals surface area (Å²) in [5, 5.41) is 13.5. The average molecular weight is 285 g/mol. The number of ether oxygens (including phenoxy) is 1. The van der Waals surface area contributed by atoms with Crippen LogP contribution in [0.2, 0.25) is 0 Å². The van der Waals surface area contributed by atoms with Gasteiger partial charge in [0, 0.05) is 11.9 Å². The Morgan fingerprint density at radius 2 is 2.05 bits per heavy atom. The Kier molecular flexibility index (Phi) is 4.33. The molecular formula is C15H15N3O3. The Morgan fingerprint density at radius 1 is 1.38 bits per heavy atom. The van der Waals surface area contributed by atoms with Crippen molar-refractivity contribution < 1.29 is 9.53 Å². The highest BCUT2D eigenvalue weighted by atomic mass is 16.5. The van der Waals surface area contributed by atoms with E-state index in [0.29, 0.717) is 17.3 Å². The van der Waals surface area contributed by atoms with Crippen LogP contribution in [0.4, 0.5) is 0 Å². The fraction of sp³-hybridized carbons (Fsp3) is 0.333. The van der Waals surface area contributed by atoms with Gasteiger partial charge in [0.2, 0.25) is 0 Å². The molecule has 0 aliphatic carbocycles. The number of esters is 1. The third kappa shape index (κ3) is 3.08. The van der Waals surface area contributed by atoms with Gasteiger partial charge in [0.25, 0.3) is 5.56 Å². The van der Waals surface area contributed by atoms with Gasteiger partial charge in [-0.25, -0.2) is 9.48 Å². The number of aromatic nitrogens is 2. The number of rotatable bonds is 4. The lowest BCUT2D eigenvalue weighted by atomic mass is 10.1. The van der Waals surface area contributed by atoms with Gasteiger partial charge < -0.3 is 4.74 Å². The second-order valence-electron chi connectivity index (χ2n) is 5.01. The molecule has 0 amide bonds. The van der Waals surface area contributed by atoms with Crippen LogP contribution in [0.25, 0.3) is 10.8 Å². The maximum Gasteiger partial charge on any atom is 0.360 e. The van der Waals surface area contributed by atoms with Crippen LogP contribution in [0.15, 0.2) is 29.1 Å². The molecule has 0 aliphatic rings. The molecule has 0 saturated heterocycles. The number of hydrogen-bond donors (Lipinski definition) is 0. The summed E-state index contributed by atoms with van der Waals surface area (Å²) in [7, 11) is 0. The molecule has 21 heavy (non-hydrogen) atoms. The van der Waals surface area contributed by atoms with Crippen LogP contribution in [-0.2, 0) is 11.3 Å². The summed E-state index contributed by atoms with van der Waals surface area (Å²) in [4.78, 5) is 24.4. The molecule has 0 N–H and O–H groups in total. The first kappa shape index (κ1) is 14.7. The van der Waals surface area contributed by atoms with E-state index in [9.17, 15) is 9.59 Å². The van der Waals surface area contributed by atoms with E-state index >= 15 is 0 Å². The van der Waals surface area contributed by atoms with Gasteiger partial charge >= 0.3 is 5.97 Å². The van der Waals surface area contributed by atoms with E-state index in [0.717, 1.165) is 0 Å². The first-order valence-electron chi connectivity index (χ1n) is 6.58. The molecule has 0 fully saturated rings. The van der Waals surface area contributed by atoms with Gasteiger partial charge in [-0.1, -0.05) is 32.0 Å². The first-order valence-corrected chi connectivity index (χ1v) is 6.58. The summed E-state index contributed by atoms with van der Waals surface area (Å²) >= 11 is 0. The summed E-state index contributed by atoms with van der Waals surface area (Å²) in [5.74, 6) is -0.496. The summed E-state index contributed by atoms with van der Waals surface area (Å²) < 4.78 is 6.08. The van der Waals surface area contributed by atoms with Crippen molar-refractivity contribution in [1.82, 2.24) is 9.78 Å². The zero-order chi connectivity index (χ0) is 15.4. The SMILES string of the molecule is CC(C)Cn1nc(C(=O)OCC#N)c2ccccc2c1=O. The fourth-order valence-corrected chi connectivity index (χ4v) is 2.02. The van der Waals surface area contributed by atoms with Gasteiger partial charge in [0.05, 0.1) is 5.39 Å². The smallest absolute Gasteiger partial charge is 0.360 e. The monoisotopic (exact) mass is 285 g/mol. The summed E-state index contributed by atoms with van der Waals surface area (Å²) in [6, 6.07) is 8.48. The van der Waals surface area contributed by atoms with E-state index in [1.54, 1.807) is 30.3 Å². The molecule has 2 rings (SSSR count). The van der Waals surface area contributed by atoms with E-state index < -0.39 is 5.97 Å². The standard InChI is InChI=1S/C15H15N3O3/c1-10(2)9-18-14(19)12-6-4-3-5-11(12)13(17-18)15(20)21-8-7-16/h3-6,10H,8-9H2,1-2H3. The van der Waals surface area contributed by atoms with E-state index in [2.05, 4.69) is 5.10 Å². The minimum Gasteiger partial charge on any atom is -0.445 e. The van der Waals surface area contributed by atoms with Gasteiger partial charge in [0.1, 0.15) is 6.07 Å². The van der Waals surface area contributed by atoms with E-state index in [4.69, 9.17) is 10.00 Å². The van der Waals surface area contributed by atoms with Crippen molar-refractivity contribution in [2.75, 3.05) is 6.61 Å². The van der Waals surface area contributed by atoms with Crippen LogP contribution in [-0.4, -0.2) is 22.4 Å². The first-order chi connectivity index (χ1) is 10.0. The molecule has 108 valence electrons. The van der Waals surface area contributed by atoms with Crippen LogP contribution in [0.1, 0.15) is 24.3 Å². The van der Waals surface area contributed by atoms with Crippen LogP contribution >= 0.6 is 0 Å². The zero-order valence-corrected chi connectivity index (χ0v) is 11.9. The highest BCUT2D eigenvalue weighted by molar-refractivity contribution is 6.02. The Bertz CT molecular complexity index is 772. The van der Waals surface area contributed by atoms with Crippen molar-refractivity contribution in [2.24, 2.45) is 5.92 Å². The lowest BCUT2D eigenvalue weighted by molar-refractivity contribution is 0.0547. The van der Waals surface area contributed by atoms with Crippen LogP contribution < -0.4 is 5.56 Å². The second-order valence-corrected chi connectivity index (χ2v) is 5.01. The topological polar surface area (TPSA) is 85.0 Å². The Balaban J connectivity index is 2.63. The van der Waals surface area contributed by atoms with Crippen molar-refractivity contribution >= 4 is 16.7 Å². The number of carbonyl (C=O) groups is 1. The van der Waals surface area contributed by atoms with Crippen molar-refractivity contribution in [2.45, 2.75) is 20.4 Å². The third-order valence-electron chi connectivity index (χ3n) is 2.87. The molecule has 1 aromatic heterocycles. The minimum atomic E-state index is -0.703. The lowest BCUT2D eigenvalue weighted by Gasteiger charge is -2.11. The van der Waals surface area contributed by atoms with Gasteiger partial charge in [-0.2, -0.15) is 10.4 Å². The van der Waals surface area contributed by atoms with Gasteiger partial charge in [-0.15, -0.1) is 0 Å². The number of benzene rings is 1. The molecule has 0 radical (unpaired) electrons. The number of fused-ring (bicyclic) bond motifs is 1. The highest BCUT2D eigenvalue weighted by Crippen LogP contribution is 2.14. The highest BCUT2D eigenvalue weighted by Gasteiger charge is 2.18. The van der Waals surface area contributed by atoms with Crippen LogP contribution in [0.5, 0.6) is 0 Å². The quantitative estimate of drug-likeness (QED) is 0.799. The van der Waals surface area contributed by atoms with Gasteiger partial charge in [0.15, 0.2) is 12.3 Å². The Morgan fingerprint density at radius 3 is 2.67 bits per heavy atom. The van der Waals surface area contributed by atoms with Crippen molar-refractivity contribution in [3.63, 3.8) is 0 Å². The molecule has 0 saturated carbocycles. The molecule has 1 aromatic carbocycles. The molecule has 0 atom stereocenters. The third-order valence-corrected chi connectivity index (χ3v) is 2.87. The number of nitriles is 1. The summed E-state index contributed by atoms with van der Waals surface area (Å²) in [5.41, 5.74) is -0.183. The number of carbonyl (C=O) groups excluding carboxylic acids is 1. The Hall–Kier alpha value is -2.68. The maximum atomic E-state index is 12.3. The number of hydrogen-bond acceptors (Lipinski definition) is 5. The lowest BCUT2D eigenvalue weighted by Crippen LogP contribution is -2.28. The second kappa shape index (κ2) is 6.18. The minimum absolute atomic E-state index is 0.0566. The predicted octanol–water partition coefficient (Wildman–Crippen LogP) is 1.73. The predicted molar refractivity (Wildman–Crippen MR) is 76.7 cm³/mol. The molecule has 0 bridgehead atoms.